The molecule has 1 aromatic carbocycles. The van der Waals surface area contributed by atoms with Crippen molar-refractivity contribution in [3.05, 3.63) is 60.0 Å². The van der Waals surface area contributed by atoms with E-state index in [0.717, 1.165) is 24.0 Å². The quantitative estimate of drug-likeness (QED) is 0.679. The Balaban J connectivity index is 1.51. The minimum absolute atomic E-state index is 0.0384. The molecule has 7 nitrogen and oxygen atoms in total. The normalized spacial score (nSPS) is 14.4. The van der Waals surface area contributed by atoms with Crippen LogP contribution in [0.25, 0.3) is 11.3 Å². The van der Waals surface area contributed by atoms with Crippen LogP contribution in [0.2, 0.25) is 0 Å². The van der Waals surface area contributed by atoms with Gasteiger partial charge in [0.15, 0.2) is 17.3 Å². The van der Waals surface area contributed by atoms with Gasteiger partial charge in [0.25, 0.3) is 0 Å². The summed E-state index contributed by atoms with van der Waals surface area (Å²) in [4.78, 5) is 16.8. The van der Waals surface area contributed by atoms with E-state index >= 15 is 0 Å². The van der Waals surface area contributed by atoms with Gasteiger partial charge in [0.1, 0.15) is 0 Å². The van der Waals surface area contributed by atoms with Gasteiger partial charge >= 0.3 is 0 Å². The molecule has 0 spiro atoms. The fraction of sp³-hybridized carbons (Fsp3) is 0.286. The SMILES string of the molecule is COc1ccc(-c2cc(C3(C(=O)NCc4cccnc4)CC3)no2)cc1OC. The summed E-state index contributed by atoms with van der Waals surface area (Å²) < 4.78 is 16.1. The molecule has 7 heteroatoms. The predicted octanol–water partition coefficient (Wildman–Crippen LogP) is 3.10. The Bertz CT molecular complexity index is 980. The maximum Gasteiger partial charge on any atom is 0.232 e. The molecular weight excluding hydrogens is 358 g/mol. The van der Waals surface area contributed by atoms with Crippen molar-refractivity contribution in [1.29, 1.82) is 0 Å². The molecule has 1 fully saturated rings. The first-order valence-corrected chi connectivity index (χ1v) is 9.03. The highest BCUT2D eigenvalue weighted by Crippen LogP contribution is 2.48. The van der Waals surface area contributed by atoms with Crippen molar-refractivity contribution in [2.75, 3.05) is 14.2 Å². The van der Waals surface area contributed by atoms with Crippen molar-refractivity contribution in [2.45, 2.75) is 24.8 Å². The van der Waals surface area contributed by atoms with Gasteiger partial charge in [0.2, 0.25) is 5.91 Å². The number of amides is 1. The summed E-state index contributed by atoms with van der Waals surface area (Å²) in [5, 5.41) is 7.17. The lowest BCUT2D eigenvalue weighted by Crippen LogP contribution is -2.34. The molecule has 3 aromatic rings. The van der Waals surface area contributed by atoms with Crippen LogP contribution in [-0.4, -0.2) is 30.3 Å². The van der Waals surface area contributed by atoms with Crippen molar-refractivity contribution >= 4 is 5.91 Å². The Hall–Kier alpha value is -3.35. The third-order valence-electron chi connectivity index (χ3n) is 5.03. The Morgan fingerprint density at radius 2 is 2.00 bits per heavy atom. The maximum absolute atomic E-state index is 12.8. The molecule has 0 atom stereocenters. The summed E-state index contributed by atoms with van der Waals surface area (Å²) in [6.07, 6.45) is 4.96. The molecular formula is C21H21N3O4. The van der Waals surface area contributed by atoms with Crippen molar-refractivity contribution in [1.82, 2.24) is 15.5 Å². The van der Waals surface area contributed by atoms with Gasteiger partial charge in [-0.1, -0.05) is 11.2 Å². The lowest BCUT2D eigenvalue weighted by Gasteiger charge is -2.12. The number of benzene rings is 1. The van der Waals surface area contributed by atoms with Crippen LogP contribution in [0.5, 0.6) is 11.5 Å². The van der Waals surface area contributed by atoms with E-state index in [1.165, 1.54) is 0 Å². The number of hydrogen-bond acceptors (Lipinski definition) is 6. The number of ether oxygens (including phenoxy) is 2. The Kier molecular flexibility index (Phi) is 4.73. The van der Waals surface area contributed by atoms with E-state index < -0.39 is 5.41 Å². The minimum Gasteiger partial charge on any atom is -0.493 e. The summed E-state index contributed by atoms with van der Waals surface area (Å²) in [6, 6.07) is 11.1. The van der Waals surface area contributed by atoms with E-state index in [1.807, 2.05) is 36.4 Å². The first kappa shape index (κ1) is 18.0. The monoisotopic (exact) mass is 379 g/mol. The number of methoxy groups -OCH3 is 2. The summed E-state index contributed by atoms with van der Waals surface area (Å²) in [7, 11) is 3.17. The highest BCUT2D eigenvalue weighted by molar-refractivity contribution is 5.91. The number of aromatic nitrogens is 2. The summed E-state index contributed by atoms with van der Waals surface area (Å²) in [6.45, 7) is 0.439. The van der Waals surface area contributed by atoms with Crippen molar-refractivity contribution in [3.8, 4) is 22.8 Å². The van der Waals surface area contributed by atoms with E-state index in [2.05, 4.69) is 15.5 Å². The van der Waals surface area contributed by atoms with Crippen LogP contribution in [0.1, 0.15) is 24.1 Å². The highest BCUT2D eigenvalue weighted by Gasteiger charge is 2.53. The largest absolute Gasteiger partial charge is 0.493 e. The average Bonchev–Trinajstić information content (AvgIpc) is 3.41. The molecule has 28 heavy (non-hydrogen) atoms. The second kappa shape index (κ2) is 7.34. The molecule has 1 saturated carbocycles. The third-order valence-corrected chi connectivity index (χ3v) is 5.03. The number of nitrogens with one attached hydrogen (secondary N) is 1. The fourth-order valence-corrected chi connectivity index (χ4v) is 3.21. The zero-order chi connectivity index (χ0) is 19.6. The number of carbonyl (C=O) groups excluding carboxylic acids is 1. The lowest BCUT2D eigenvalue weighted by atomic mass is 10.00. The number of hydrogen-bond donors (Lipinski definition) is 1. The van der Waals surface area contributed by atoms with Crippen molar-refractivity contribution in [3.63, 3.8) is 0 Å². The van der Waals surface area contributed by atoms with Gasteiger partial charge in [-0.15, -0.1) is 0 Å². The van der Waals surface area contributed by atoms with Gasteiger partial charge in [-0.05, 0) is 42.7 Å². The van der Waals surface area contributed by atoms with E-state index in [-0.39, 0.29) is 5.91 Å². The van der Waals surface area contributed by atoms with E-state index in [9.17, 15) is 4.79 Å². The number of rotatable bonds is 7. The first-order chi connectivity index (χ1) is 13.7. The van der Waals surface area contributed by atoms with Crippen molar-refractivity contribution in [2.24, 2.45) is 0 Å². The molecule has 0 saturated heterocycles. The van der Waals surface area contributed by atoms with Crippen LogP contribution < -0.4 is 14.8 Å². The molecule has 2 aromatic heterocycles. The molecule has 4 rings (SSSR count). The second-order valence-corrected chi connectivity index (χ2v) is 6.77. The Morgan fingerprint density at radius 1 is 1.18 bits per heavy atom. The van der Waals surface area contributed by atoms with Gasteiger partial charge in [0.05, 0.1) is 25.3 Å². The average molecular weight is 379 g/mol. The molecule has 1 N–H and O–H groups in total. The molecule has 1 amide bonds. The maximum atomic E-state index is 12.8. The van der Waals surface area contributed by atoms with E-state index in [4.69, 9.17) is 14.0 Å². The molecule has 0 unspecified atom stereocenters. The predicted molar refractivity (Wildman–Crippen MR) is 102 cm³/mol. The summed E-state index contributed by atoms with van der Waals surface area (Å²) in [5.74, 6) is 1.79. The van der Waals surface area contributed by atoms with Crippen LogP contribution in [0, 0.1) is 0 Å². The Labute approximate surface area is 162 Å². The van der Waals surface area contributed by atoms with Gasteiger partial charge in [-0.3, -0.25) is 9.78 Å². The van der Waals surface area contributed by atoms with Gasteiger partial charge in [-0.25, -0.2) is 0 Å². The molecule has 1 aliphatic carbocycles. The number of nitrogens with zero attached hydrogens (tertiary/aromatic N) is 2. The van der Waals surface area contributed by atoms with Crippen molar-refractivity contribution < 1.29 is 18.8 Å². The number of carbonyl (C=O) groups is 1. The zero-order valence-electron chi connectivity index (χ0n) is 15.8. The molecule has 1 aliphatic rings. The third kappa shape index (κ3) is 3.31. The first-order valence-electron chi connectivity index (χ1n) is 9.03. The molecule has 2 heterocycles. The molecule has 0 bridgehead atoms. The minimum atomic E-state index is -0.611. The smallest absolute Gasteiger partial charge is 0.232 e. The van der Waals surface area contributed by atoms with Gasteiger partial charge in [-0.2, -0.15) is 0 Å². The van der Waals surface area contributed by atoms with Gasteiger partial charge in [0, 0.05) is 30.6 Å². The van der Waals surface area contributed by atoms with Crippen LogP contribution in [0.3, 0.4) is 0 Å². The fourth-order valence-electron chi connectivity index (χ4n) is 3.21. The van der Waals surface area contributed by atoms with Crippen LogP contribution in [0.15, 0.2) is 53.3 Å². The van der Waals surface area contributed by atoms with Gasteiger partial charge < -0.3 is 19.3 Å². The molecule has 144 valence electrons. The van der Waals surface area contributed by atoms with Crippen LogP contribution >= 0.6 is 0 Å². The summed E-state index contributed by atoms with van der Waals surface area (Å²) in [5.41, 5.74) is 1.81. The standard InChI is InChI=1S/C21H21N3O4/c1-26-16-6-5-15(10-18(16)27-2)17-11-19(24-28-17)21(7-8-21)20(25)23-13-14-4-3-9-22-12-14/h3-6,9-12H,7-8,13H2,1-2H3,(H,23,25). The topological polar surface area (TPSA) is 86.5 Å². The second-order valence-electron chi connectivity index (χ2n) is 6.77. The summed E-state index contributed by atoms with van der Waals surface area (Å²) >= 11 is 0. The molecule has 0 aliphatic heterocycles. The lowest BCUT2D eigenvalue weighted by molar-refractivity contribution is -0.123. The number of pyridine rings is 1. The van der Waals surface area contributed by atoms with Crippen LogP contribution in [0.4, 0.5) is 0 Å². The van der Waals surface area contributed by atoms with E-state index in [0.29, 0.717) is 29.5 Å². The van der Waals surface area contributed by atoms with Crippen LogP contribution in [-0.2, 0) is 16.8 Å². The van der Waals surface area contributed by atoms with E-state index in [1.54, 1.807) is 26.6 Å². The highest BCUT2D eigenvalue weighted by atomic mass is 16.5. The molecule has 0 radical (unpaired) electrons. The Morgan fingerprint density at radius 3 is 2.68 bits per heavy atom. The zero-order valence-corrected chi connectivity index (χ0v) is 15.8.